The molecular formula is C16H17N7O2. The van der Waals surface area contributed by atoms with Gasteiger partial charge in [-0.1, -0.05) is 12.1 Å². The minimum absolute atomic E-state index is 0.0763. The van der Waals surface area contributed by atoms with E-state index in [2.05, 4.69) is 31.3 Å². The van der Waals surface area contributed by atoms with Crippen molar-refractivity contribution >= 4 is 17.2 Å². The van der Waals surface area contributed by atoms with Crippen LogP contribution in [0.1, 0.15) is 29.0 Å². The lowest BCUT2D eigenvalue weighted by Gasteiger charge is -2.13. The molecule has 1 aromatic carbocycles. The van der Waals surface area contributed by atoms with Crippen molar-refractivity contribution in [2.75, 3.05) is 18.5 Å². The summed E-state index contributed by atoms with van der Waals surface area (Å²) in [5.74, 6) is -0.0274. The second-order valence-corrected chi connectivity index (χ2v) is 5.44. The maximum absolute atomic E-state index is 12.4. The van der Waals surface area contributed by atoms with E-state index in [-0.39, 0.29) is 23.4 Å². The molecule has 1 unspecified atom stereocenters. The van der Waals surface area contributed by atoms with Crippen LogP contribution in [0.2, 0.25) is 0 Å². The smallest absolute Gasteiger partial charge is 0.253 e. The molecule has 0 aliphatic carbocycles. The molecule has 9 heteroatoms. The van der Waals surface area contributed by atoms with E-state index in [1.807, 2.05) is 6.07 Å². The fourth-order valence-electron chi connectivity index (χ4n) is 2.49. The zero-order valence-corrected chi connectivity index (χ0v) is 13.4. The number of nitriles is 1. The Balaban J connectivity index is 1.70. The molecular weight excluding hydrogens is 322 g/mol. The van der Waals surface area contributed by atoms with Crippen molar-refractivity contribution in [2.45, 2.75) is 18.9 Å². The van der Waals surface area contributed by atoms with Crippen LogP contribution in [0.4, 0.5) is 5.69 Å². The summed E-state index contributed by atoms with van der Waals surface area (Å²) in [6, 6.07) is 9.02. The number of H-pyrrole nitrogens is 1. The second kappa shape index (κ2) is 8.03. The predicted molar refractivity (Wildman–Crippen MR) is 89.1 cm³/mol. The normalized spacial score (nSPS) is 17.1. The first-order chi connectivity index (χ1) is 12.3. The molecule has 1 amide bonds. The molecule has 3 rings (SSSR count). The number of benzene rings is 1. The van der Waals surface area contributed by atoms with Crippen molar-refractivity contribution < 1.29 is 9.53 Å². The number of nitrogens with zero attached hydrogens (tertiary/aromatic N) is 4. The maximum Gasteiger partial charge on any atom is 0.253 e. The summed E-state index contributed by atoms with van der Waals surface area (Å²) >= 11 is 0. The highest BCUT2D eigenvalue weighted by Gasteiger charge is 2.17. The highest BCUT2D eigenvalue weighted by atomic mass is 16.5. The fraction of sp³-hybridized carbons (Fsp3) is 0.312. The van der Waals surface area contributed by atoms with E-state index in [1.165, 1.54) is 6.20 Å². The minimum atomic E-state index is -0.204. The Hall–Kier alpha value is -3.25. The number of anilines is 1. The molecule has 1 aliphatic heterocycles. The number of aromatic amines is 1. The van der Waals surface area contributed by atoms with Crippen molar-refractivity contribution in [2.24, 2.45) is 0 Å². The first-order valence-corrected chi connectivity index (χ1v) is 7.87. The SMILES string of the molecule is N#CC(=CNc1ccccc1C(=O)NCC1CCCO1)c1nn[nH]n1. The van der Waals surface area contributed by atoms with Crippen molar-refractivity contribution in [3.05, 3.63) is 41.9 Å². The van der Waals surface area contributed by atoms with E-state index in [0.717, 1.165) is 19.4 Å². The van der Waals surface area contributed by atoms with E-state index in [0.29, 0.717) is 17.8 Å². The van der Waals surface area contributed by atoms with Crippen LogP contribution in [0, 0.1) is 11.3 Å². The Labute approximate surface area is 144 Å². The number of carbonyl (C=O) groups is 1. The Morgan fingerprint density at radius 2 is 2.36 bits per heavy atom. The van der Waals surface area contributed by atoms with Gasteiger partial charge in [0.15, 0.2) is 0 Å². The number of nitrogens with one attached hydrogen (secondary N) is 3. The Morgan fingerprint density at radius 3 is 3.08 bits per heavy atom. The number of amides is 1. The number of carbonyl (C=O) groups excluding carboxylic acids is 1. The zero-order valence-electron chi connectivity index (χ0n) is 13.4. The molecule has 1 fully saturated rings. The molecule has 2 aromatic rings. The molecule has 0 bridgehead atoms. The van der Waals surface area contributed by atoms with Crippen LogP contribution in [0.15, 0.2) is 30.5 Å². The molecule has 9 nitrogen and oxygen atoms in total. The topological polar surface area (TPSA) is 129 Å². The number of para-hydroxylation sites is 1. The summed E-state index contributed by atoms with van der Waals surface area (Å²) in [4.78, 5) is 12.4. The number of tetrazole rings is 1. The van der Waals surface area contributed by atoms with Gasteiger partial charge in [-0.3, -0.25) is 4.79 Å². The van der Waals surface area contributed by atoms with Crippen molar-refractivity contribution in [1.82, 2.24) is 25.9 Å². The Morgan fingerprint density at radius 1 is 1.48 bits per heavy atom. The monoisotopic (exact) mass is 339 g/mol. The third-order valence-corrected chi connectivity index (χ3v) is 3.76. The third kappa shape index (κ3) is 4.19. The van der Waals surface area contributed by atoms with Gasteiger partial charge in [0.1, 0.15) is 11.6 Å². The van der Waals surface area contributed by atoms with Gasteiger partial charge in [0.05, 0.1) is 17.4 Å². The van der Waals surface area contributed by atoms with Gasteiger partial charge in [0.25, 0.3) is 5.91 Å². The minimum Gasteiger partial charge on any atom is -0.376 e. The third-order valence-electron chi connectivity index (χ3n) is 3.76. The molecule has 0 spiro atoms. The number of hydrogen-bond acceptors (Lipinski definition) is 7. The highest BCUT2D eigenvalue weighted by Crippen LogP contribution is 2.17. The summed E-state index contributed by atoms with van der Waals surface area (Å²) in [7, 11) is 0. The molecule has 2 heterocycles. The summed E-state index contributed by atoms with van der Waals surface area (Å²) in [6.07, 6.45) is 3.50. The van der Waals surface area contributed by atoms with Gasteiger partial charge < -0.3 is 15.4 Å². The Bertz CT molecular complexity index is 789. The van der Waals surface area contributed by atoms with Gasteiger partial charge >= 0.3 is 0 Å². The lowest BCUT2D eigenvalue weighted by molar-refractivity contribution is 0.0858. The predicted octanol–water partition coefficient (Wildman–Crippen LogP) is 1.09. The second-order valence-electron chi connectivity index (χ2n) is 5.44. The van der Waals surface area contributed by atoms with E-state index in [9.17, 15) is 10.1 Å². The van der Waals surface area contributed by atoms with Gasteiger partial charge in [-0.15, -0.1) is 10.2 Å². The molecule has 25 heavy (non-hydrogen) atoms. The number of aromatic nitrogens is 4. The number of ether oxygens (including phenoxy) is 1. The van der Waals surface area contributed by atoms with Crippen LogP contribution >= 0.6 is 0 Å². The van der Waals surface area contributed by atoms with Crippen LogP contribution < -0.4 is 10.6 Å². The average Bonchev–Trinajstić information content (AvgIpc) is 3.34. The largest absolute Gasteiger partial charge is 0.376 e. The summed E-state index contributed by atoms with van der Waals surface area (Å²) in [5.41, 5.74) is 1.24. The molecule has 3 N–H and O–H groups in total. The fourth-order valence-corrected chi connectivity index (χ4v) is 2.49. The molecule has 128 valence electrons. The molecule has 1 aliphatic rings. The average molecular weight is 339 g/mol. The van der Waals surface area contributed by atoms with Gasteiger partial charge in [-0.2, -0.15) is 10.5 Å². The van der Waals surface area contributed by atoms with Gasteiger partial charge in [0, 0.05) is 19.4 Å². The number of allylic oxidation sites excluding steroid dienone is 1. The summed E-state index contributed by atoms with van der Waals surface area (Å²) in [5, 5.41) is 28.3. The van der Waals surface area contributed by atoms with Gasteiger partial charge in [-0.05, 0) is 30.2 Å². The first kappa shape index (κ1) is 16.6. The van der Waals surface area contributed by atoms with Crippen molar-refractivity contribution in [3.8, 4) is 6.07 Å². The van der Waals surface area contributed by atoms with Crippen LogP contribution in [-0.4, -0.2) is 45.8 Å². The number of rotatable bonds is 6. The summed E-state index contributed by atoms with van der Waals surface area (Å²) < 4.78 is 5.51. The number of hydrogen-bond donors (Lipinski definition) is 3. The van der Waals surface area contributed by atoms with Gasteiger partial charge in [0.2, 0.25) is 5.82 Å². The molecule has 1 saturated heterocycles. The zero-order chi connectivity index (χ0) is 17.5. The van der Waals surface area contributed by atoms with E-state index in [1.54, 1.807) is 24.3 Å². The van der Waals surface area contributed by atoms with E-state index >= 15 is 0 Å². The van der Waals surface area contributed by atoms with E-state index < -0.39 is 0 Å². The lowest BCUT2D eigenvalue weighted by atomic mass is 10.1. The van der Waals surface area contributed by atoms with Crippen LogP contribution in [0.3, 0.4) is 0 Å². The Kier molecular flexibility index (Phi) is 5.33. The van der Waals surface area contributed by atoms with Crippen LogP contribution in [0.5, 0.6) is 0 Å². The van der Waals surface area contributed by atoms with E-state index in [4.69, 9.17) is 4.74 Å². The van der Waals surface area contributed by atoms with Crippen LogP contribution in [-0.2, 0) is 4.74 Å². The molecule has 0 radical (unpaired) electrons. The summed E-state index contributed by atoms with van der Waals surface area (Å²) in [6.45, 7) is 1.23. The molecule has 0 saturated carbocycles. The standard InChI is InChI=1S/C16H17N7O2/c17-8-11(15-20-22-23-21-15)9-18-14-6-2-1-5-13(14)16(24)19-10-12-4-3-7-25-12/h1-2,5-6,9,12,18H,3-4,7,10H2,(H,19,24)(H,20,21,22,23). The van der Waals surface area contributed by atoms with Gasteiger partial charge in [-0.25, -0.2) is 0 Å². The van der Waals surface area contributed by atoms with Crippen molar-refractivity contribution in [1.29, 1.82) is 5.26 Å². The maximum atomic E-state index is 12.4. The van der Waals surface area contributed by atoms with Crippen molar-refractivity contribution in [3.63, 3.8) is 0 Å². The first-order valence-electron chi connectivity index (χ1n) is 7.87. The molecule has 1 aromatic heterocycles. The highest BCUT2D eigenvalue weighted by molar-refractivity contribution is 6.00. The lowest BCUT2D eigenvalue weighted by Crippen LogP contribution is -2.32. The molecule has 1 atom stereocenters. The van der Waals surface area contributed by atoms with Crippen LogP contribution in [0.25, 0.3) is 5.57 Å². The quantitative estimate of drug-likeness (QED) is 0.672.